The van der Waals surface area contributed by atoms with Crippen molar-refractivity contribution in [2.45, 2.75) is 63.9 Å². The first-order valence-electron chi connectivity index (χ1n) is 43.0. The molecule has 30 nitrogen and oxygen atoms in total. The molecule has 6 fully saturated rings. The summed E-state index contributed by atoms with van der Waals surface area (Å²) in [5, 5.41) is 12.1. The number of hydrogen-bond donors (Lipinski definition) is 3. The lowest BCUT2D eigenvalue weighted by atomic mass is 9.98. The quantitative estimate of drug-likeness (QED) is 0.0479. The van der Waals surface area contributed by atoms with E-state index in [1.807, 2.05) is 116 Å². The van der Waals surface area contributed by atoms with Crippen molar-refractivity contribution >= 4 is 68.0 Å². The summed E-state index contributed by atoms with van der Waals surface area (Å²) in [5.41, 5.74) is 8.15. The molecular formula is C93H111N21O9. The fraction of sp³-hybridized carbons (Fsp3) is 0.419. The van der Waals surface area contributed by atoms with Gasteiger partial charge in [0.1, 0.15) is 42.5 Å². The van der Waals surface area contributed by atoms with Crippen LogP contribution in [0, 0.1) is 11.8 Å². The van der Waals surface area contributed by atoms with Gasteiger partial charge in [0.2, 0.25) is 17.8 Å². The monoisotopic (exact) mass is 1670 g/mol. The second-order valence-electron chi connectivity index (χ2n) is 32.6. The number of methoxy groups -OCH3 is 3. The van der Waals surface area contributed by atoms with E-state index in [0.29, 0.717) is 111 Å². The summed E-state index contributed by atoms with van der Waals surface area (Å²) in [6, 6.07) is 42.2. The molecule has 0 spiro atoms. The molecule has 3 N–H and O–H groups in total. The van der Waals surface area contributed by atoms with Crippen molar-refractivity contribution in [3.05, 3.63) is 225 Å². The van der Waals surface area contributed by atoms with Crippen LogP contribution in [0.15, 0.2) is 181 Å². The molecule has 1 atom stereocenters. The predicted octanol–water partition coefficient (Wildman–Crippen LogP) is 9.90. The molecule has 0 amide bonds. The van der Waals surface area contributed by atoms with Gasteiger partial charge in [-0.25, -0.2) is 49.8 Å². The summed E-state index contributed by atoms with van der Waals surface area (Å²) in [5.74, 6) is 9.88. The highest BCUT2D eigenvalue weighted by atomic mass is 16.5. The Balaban J connectivity index is 0.000000137. The highest BCUT2D eigenvalue weighted by Crippen LogP contribution is 2.40. The van der Waals surface area contributed by atoms with Crippen LogP contribution in [0.25, 0.3) is 32.7 Å². The van der Waals surface area contributed by atoms with E-state index >= 15 is 0 Å². The van der Waals surface area contributed by atoms with Crippen molar-refractivity contribution < 1.29 is 33.5 Å². The maximum absolute atomic E-state index is 12.8. The highest BCUT2D eigenvalue weighted by molar-refractivity contribution is 5.94. The molecule has 12 aromatic rings. The number of piperidine rings is 3. The Labute approximate surface area is 716 Å². The minimum atomic E-state index is -0.0931. The summed E-state index contributed by atoms with van der Waals surface area (Å²) in [4.78, 5) is 98.0. The van der Waals surface area contributed by atoms with Gasteiger partial charge in [-0.2, -0.15) is 0 Å². The Morgan fingerprint density at radius 3 is 1.24 bits per heavy atom. The lowest BCUT2D eigenvalue weighted by Gasteiger charge is -2.36. The molecule has 123 heavy (non-hydrogen) atoms. The number of hydrogen-bond acceptors (Lipinski definition) is 28. The molecule has 6 aliphatic heterocycles. The minimum Gasteiger partial charge on any atom is -0.493 e. The molecule has 0 radical (unpaired) electrons. The van der Waals surface area contributed by atoms with E-state index < -0.39 is 0 Å². The Hall–Kier alpha value is -12.4. The molecule has 0 aliphatic carbocycles. The van der Waals surface area contributed by atoms with Gasteiger partial charge in [0.25, 0.3) is 11.1 Å². The zero-order valence-corrected chi connectivity index (χ0v) is 71.0. The zero-order chi connectivity index (χ0) is 84.4. The Morgan fingerprint density at radius 2 is 0.805 bits per heavy atom. The van der Waals surface area contributed by atoms with Crippen molar-refractivity contribution in [3.63, 3.8) is 0 Å². The molecule has 6 saturated heterocycles. The van der Waals surface area contributed by atoms with Crippen LogP contribution >= 0.6 is 0 Å². The second kappa shape index (κ2) is 40.5. The number of nitrogens with zero attached hydrogens (tertiary/aromatic N) is 19. The lowest BCUT2D eigenvalue weighted by molar-refractivity contribution is 0.0870. The number of rotatable bonds is 25. The average Bonchev–Trinajstić information content (AvgIpc) is 0.782. The largest absolute Gasteiger partial charge is 0.493 e. The number of β-amino-alcohol motifs (C(OH)–C–C–N with tert-alkyl or cyclic N) is 1. The first-order valence-corrected chi connectivity index (χ1v) is 43.0. The number of piperazine rings is 3. The minimum absolute atomic E-state index is 0.0928. The first kappa shape index (κ1) is 84.2. The number of ether oxygens (including phenoxy) is 6. The smallest absolute Gasteiger partial charge is 0.255 e. The Kier molecular flexibility index (Phi) is 27.8. The number of aromatic amines is 2. The molecule has 0 bridgehead atoms. The number of H-pyrrole nitrogens is 2. The van der Waals surface area contributed by atoms with Crippen molar-refractivity contribution in [1.29, 1.82) is 0 Å². The van der Waals surface area contributed by atoms with Crippen molar-refractivity contribution in [2.24, 2.45) is 11.8 Å². The average molecular weight is 1670 g/mol. The molecule has 0 saturated carbocycles. The molecule has 0 unspecified atom stereocenters. The molecule has 30 heteroatoms. The summed E-state index contributed by atoms with van der Waals surface area (Å²) in [6.07, 6.45) is 20.6. The number of nitrogens with one attached hydrogen (secondary N) is 2. The third-order valence-electron chi connectivity index (χ3n) is 24.2. The van der Waals surface area contributed by atoms with E-state index in [1.165, 1.54) is 18.4 Å². The van der Waals surface area contributed by atoms with E-state index in [1.54, 1.807) is 52.7 Å². The summed E-state index contributed by atoms with van der Waals surface area (Å²) in [6.45, 7) is 17.4. The number of aromatic nitrogens is 12. The summed E-state index contributed by atoms with van der Waals surface area (Å²) < 4.78 is 36.1. The topological polar surface area (TPSA) is 299 Å². The fourth-order valence-electron chi connectivity index (χ4n) is 17.2. The van der Waals surface area contributed by atoms with E-state index in [-0.39, 0.29) is 23.8 Å². The van der Waals surface area contributed by atoms with Crippen LogP contribution in [0.3, 0.4) is 0 Å². The summed E-state index contributed by atoms with van der Waals surface area (Å²) >= 11 is 0. The van der Waals surface area contributed by atoms with Gasteiger partial charge >= 0.3 is 0 Å². The number of aliphatic hydroxyl groups excluding tert-OH is 1. The molecule has 6 aromatic carbocycles. The Bertz CT molecular complexity index is 5570. The molecule has 6 aromatic heterocycles. The third-order valence-corrected chi connectivity index (χ3v) is 24.2. The number of anilines is 6. The first-order chi connectivity index (χ1) is 60.3. The van der Waals surface area contributed by atoms with Gasteiger partial charge in [0, 0.05) is 200 Å². The predicted molar refractivity (Wildman–Crippen MR) is 480 cm³/mol. The maximum Gasteiger partial charge on any atom is 0.255 e. The van der Waals surface area contributed by atoms with Crippen LogP contribution in [0.4, 0.5) is 35.3 Å². The molecule has 642 valence electrons. The van der Waals surface area contributed by atoms with Gasteiger partial charge in [0.15, 0.2) is 34.5 Å². The van der Waals surface area contributed by atoms with Crippen LogP contribution in [0.5, 0.6) is 34.5 Å². The van der Waals surface area contributed by atoms with Gasteiger partial charge in [-0.1, -0.05) is 91.0 Å². The molecule has 6 aliphatic rings. The van der Waals surface area contributed by atoms with Gasteiger partial charge in [0.05, 0.1) is 57.7 Å². The Morgan fingerprint density at radius 1 is 0.390 bits per heavy atom. The van der Waals surface area contributed by atoms with Gasteiger partial charge in [-0.3, -0.25) is 19.6 Å². The number of aliphatic hydroxyl groups is 1. The molecule has 18 rings (SSSR count). The van der Waals surface area contributed by atoms with Crippen LogP contribution in [0.1, 0.15) is 71.9 Å². The molecule has 12 heterocycles. The van der Waals surface area contributed by atoms with Crippen molar-refractivity contribution in [3.8, 4) is 34.5 Å². The summed E-state index contributed by atoms with van der Waals surface area (Å²) in [7, 11) is 9.33. The van der Waals surface area contributed by atoms with Gasteiger partial charge in [-0.15, -0.1) is 0 Å². The van der Waals surface area contributed by atoms with Crippen LogP contribution < -0.4 is 68.9 Å². The maximum atomic E-state index is 12.8. The fourth-order valence-corrected chi connectivity index (χ4v) is 17.2. The number of likely N-dealkylation sites (tertiary alicyclic amines) is 3. The van der Waals surface area contributed by atoms with Gasteiger partial charge < -0.3 is 77.6 Å². The van der Waals surface area contributed by atoms with Crippen molar-refractivity contribution in [2.75, 3.05) is 209 Å². The second-order valence-corrected chi connectivity index (χ2v) is 32.6. The van der Waals surface area contributed by atoms with Crippen molar-refractivity contribution in [1.82, 2.24) is 74.5 Å². The lowest BCUT2D eigenvalue weighted by Crippen LogP contribution is -2.47. The molecular weight excluding hydrogens is 1560 g/mol. The van der Waals surface area contributed by atoms with Crippen LogP contribution in [-0.4, -0.2) is 265 Å². The van der Waals surface area contributed by atoms with E-state index in [0.717, 1.165) is 214 Å². The van der Waals surface area contributed by atoms with Gasteiger partial charge in [-0.05, 0) is 119 Å². The zero-order valence-electron chi connectivity index (χ0n) is 71.0. The normalized spacial score (nSPS) is 17.2. The standard InChI is InChI=1S/3C31H37N7O3/c1-36-10-6-9-23(19-36)20-41-28-16-25-26(17-27(28)40-2)33-21-34-29(25)37-11-13-38(14-12-37)31-32-18-24(30(39)35-31)15-22-7-4-3-5-8-22;1-36-10-8-23(9-11-36)20-41-28-17-25-26(18-27(28)40-2)33-21-34-29(25)37-12-14-38(15-13-37)31-32-19-24(30(39)35-31)16-22-6-4-3-5-7-22;1-40-28-19-27-26(18-29(28)41-25-7-9-36(10-8-25)15-16-39)30(35-22-34-27)37-11-13-38(14-12-37)31-32-20-24(21-33-31)17-23-5-3-2-4-6-23/h3-5,7-8,16-18,21,23H,6,9-15,19-20H2,1-2H3,(H,32,35,39);3-7,17-19,21,23H,8-16,20H2,1-2H3,(H,32,35,39);2-6,18-22,25,39H,7-17H2,1H3/t23-;;/m1../s1. The SMILES string of the molecule is COc1cc2ncnc(N3CCN(c4ncc(Cc5ccccc5)c(=O)[nH]4)CC3)c2cc1OCC1CCN(C)CC1.COc1cc2ncnc(N3CCN(c4ncc(Cc5ccccc5)c(=O)[nH]4)CC3)c2cc1OC[C@@H]1CCCN(C)C1.COc1cc2ncnc(N3CCN(c4ncc(Cc5ccccc5)cn4)CC3)c2cc1OC1CCN(CCO)CC1. The van der Waals surface area contributed by atoms with E-state index in [4.69, 9.17) is 33.4 Å². The number of fused-ring (bicyclic) bond motifs is 3. The van der Waals surface area contributed by atoms with E-state index in [9.17, 15) is 14.7 Å². The van der Waals surface area contributed by atoms with Crippen LogP contribution in [0.2, 0.25) is 0 Å². The number of benzene rings is 6. The third kappa shape index (κ3) is 21.2. The van der Waals surface area contributed by atoms with Crippen LogP contribution in [-0.2, 0) is 19.3 Å². The van der Waals surface area contributed by atoms with E-state index in [2.05, 4.69) is 137 Å². The highest BCUT2D eigenvalue weighted by Gasteiger charge is 2.30.